The van der Waals surface area contributed by atoms with E-state index in [0.717, 1.165) is 35.8 Å². The van der Waals surface area contributed by atoms with Gasteiger partial charge in [-0.15, -0.1) is 0 Å². The predicted octanol–water partition coefficient (Wildman–Crippen LogP) is 3.48. The normalized spacial score (nSPS) is 28.5. The molecule has 0 aliphatic carbocycles. The van der Waals surface area contributed by atoms with E-state index in [1.165, 1.54) is 0 Å². The fraction of sp³-hybridized carbons (Fsp3) is 0.500. The molecule has 2 atom stereocenters. The molecule has 2 unspecified atom stereocenters. The number of hydrogen-bond donors (Lipinski definition) is 1. The van der Waals surface area contributed by atoms with E-state index in [1.807, 2.05) is 12.1 Å². The average molecular weight is 297 g/mol. The summed E-state index contributed by atoms with van der Waals surface area (Å²) in [4.78, 5) is 2.13. The summed E-state index contributed by atoms with van der Waals surface area (Å²) in [6.45, 7) is 5.12. The van der Waals surface area contributed by atoms with Gasteiger partial charge in [0.05, 0.1) is 11.1 Å². The zero-order valence-corrected chi connectivity index (χ0v) is 12.6. The van der Waals surface area contributed by atoms with Gasteiger partial charge in [-0.3, -0.25) is 0 Å². The summed E-state index contributed by atoms with van der Waals surface area (Å²) in [6, 6.07) is 6.06. The van der Waals surface area contributed by atoms with Crippen LogP contribution in [0.3, 0.4) is 0 Å². The van der Waals surface area contributed by atoms with Crippen molar-refractivity contribution in [2.75, 3.05) is 6.54 Å². The Morgan fingerprint density at radius 2 is 2.37 bits per heavy atom. The van der Waals surface area contributed by atoms with Gasteiger partial charge < -0.3 is 15.0 Å². The molecule has 102 valence electrons. The topological polar surface area (TPSA) is 24.5 Å². The van der Waals surface area contributed by atoms with E-state index in [4.69, 9.17) is 28.6 Å². The first-order valence-corrected chi connectivity index (χ1v) is 7.39. The third kappa shape index (κ3) is 1.98. The minimum Gasteiger partial charge on any atom is -0.466 e. The van der Waals surface area contributed by atoms with Crippen molar-refractivity contribution < 1.29 is 4.74 Å². The Morgan fingerprint density at radius 3 is 3.11 bits per heavy atom. The number of hydrogen-bond acceptors (Lipinski definition) is 2. The van der Waals surface area contributed by atoms with Crippen molar-refractivity contribution in [1.82, 2.24) is 10.2 Å². The summed E-state index contributed by atoms with van der Waals surface area (Å²) in [5.74, 6) is 0.791. The Morgan fingerprint density at radius 1 is 1.58 bits per heavy atom. The second kappa shape index (κ2) is 4.53. The minimum atomic E-state index is -0.402. The number of nitrogens with zero attached hydrogens (tertiary/aromatic N) is 1. The van der Waals surface area contributed by atoms with Gasteiger partial charge in [-0.05, 0) is 31.6 Å². The van der Waals surface area contributed by atoms with Crippen LogP contribution in [0.4, 0.5) is 0 Å². The highest BCUT2D eigenvalue weighted by atomic mass is 35.5. The van der Waals surface area contributed by atoms with Crippen LogP contribution in [0.5, 0.6) is 5.75 Å². The van der Waals surface area contributed by atoms with Crippen molar-refractivity contribution in [2.45, 2.75) is 38.5 Å². The first kappa shape index (κ1) is 13.0. The lowest BCUT2D eigenvalue weighted by Crippen LogP contribution is -2.64. The fourth-order valence-corrected chi connectivity index (χ4v) is 3.60. The number of ether oxygens (including phenoxy) is 1. The quantitative estimate of drug-likeness (QED) is 0.845. The summed E-state index contributed by atoms with van der Waals surface area (Å²) < 4.78 is 6.22. The van der Waals surface area contributed by atoms with E-state index >= 15 is 0 Å². The van der Waals surface area contributed by atoms with E-state index in [2.05, 4.69) is 30.1 Å². The maximum Gasteiger partial charge on any atom is 0.184 e. The predicted molar refractivity (Wildman–Crippen MR) is 80.6 cm³/mol. The van der Waals surface area contributed by atoms with Gasteiger partial charge in [-0.25, -0.2) is 0 Å². The Bertz CT molecular complexity index is 536. The Hall–Kier alpha value is -1.00. The van der Waals surface area contributed by atoms with Crippen molar-refractivity contribution in [3.8, 4) is 5.75 Å². The van der Waals surface area contributed by atoms with Crippen LogP contribution in [0.15, 0.2) is 18.2 Å². The maximum absolute atomic E-state index is 6.27. The van der Waals surface area contributed by atoms with Crippen LogP contribution in [0, 0.1) is 0 Å². The number of nitrogens with one attached hydrogen (secondary N) is 1. The SMILES string of the molecule is CCCN1C(=S)NC2CC1(C)Oc1c(Cl)cccc12. The van der Waals surface area contributed by atoms with Gasteiger partial charge in [0.15, 0.2) is 10.8 Å². The van der Waals surface area contributed by atoms with Crippen molar-refractivity contribution in [2.24, 2.45) is 0 Å². The van der Waals surface area contributed by atoms with Gasteiger partial charge in [-0.2, -0.15) is 0 Å². The molecule has 1 N–H and O–H groups in total. The van der Waals surface area contributed by atoms with Crippen LogP contribution in [0.25, 0.3) is 0 Å². The molecule has 1 fully saturated rings. The van der Waals surface area contributed by atoms with Crippen molar-refractivity contribution in [1.29, 1.82) is 0 Å². The van der Waals surface area contributed by atoms with Gasteiger partial charge in [0, 0.05) is 18.5 Å². The molecule has 0 amide bonds. The smallest absolute Gasteiger partial charge is 0.184 e. The molecule has 2 aliphatic rings. The molecule has 2 bridgehead atoms. The highest BCUT2D eigenvalue weighted by Crippen LogP contribution is 2.46. The van der Waals surface area contributed by atoms with Gasteiger partial charge in [0.25, 0.3) is 0 Å². The third-order valence-electron chi connectivity index (χ3n) is 3.84. The number of para-hydroxylation sites is 1. The molecule has 1 aromatic carbocycles. The van der Waals surface area contributed by atoms with Crippen molar-refractivity contribution >= 4 is 28.9 Å². The molecule has 0 saturated carbocycles. The molecule has 1 saturated heterocycles. The molecule has 3 rings (SSSR count). The Balaban J connectivity index is 2.06. The summed E-state index contributed by atoms with van der Waals surface area (Å²) in [6.07, 6.45) is 1.90. The van der Waals surface area contributed by atoms with Crippen molar-refractivity contribution in [3.63, 3.8) is 0 Å². The number of thiocarbonyl (C=S) groups is 1. The lowest BCUT2D eigenvalue weighted by molar-refractivity contribution is -0.0679. The van der Waals surface area contributed by atoms with E-state index in [1.54, 1.807) is 0 Å². The second-order valence-electron chi connectivity index (χ2n) is 5.29. The lowest BCUT2D eigenvalue weighted by Gasteiger charge is -2.52. The molecule has 2 heterocycles. The Labute approximate surface area is 123 Å². The Kier molecular flexibility index (Phi) is 3.10. The standard InChI is InChI=1S/C14H17ClN2OS/c1-3-7-17-13(19)16-11-8-14(17,2)18-12-9(11)5-4-6-10(12)15/h4-6,11H,3,7-8H2,1-2H3,(H,16,19). The lowest BCUT2D eigenvalue weighted by atomic mass is 9.90. The molecule has 19 heavy (non-hydrogen) atoms. The first-order chi connectivity index (χ1) is 9.05. The number of fused-ring (bicyclic) bond motifs is 4. The van der Waals surface area contributed by atoms with Crippen LogP contribution in [-0.2, 0) is 0 Å². The molecule has 5 heteroatoms. The zero-order valence-electron chi connectivity index (χ0n) is 11.1. The molecule has 2 aliphatic heterocycles. The van der Waals surface area contributed by atoms with Gasteiger partial charge in [0.1, 0.15) is 5.75 Å². The summed E-state index contributed by atoms with van der Waals surface area (Å²) in [5, 5.41) is 4.85. The fourth-order valence-electron chi connectivity index (χ4n) is 2.96. The van der Waals surface area contributed by atoms with Crippen LogP contribution in [0.1, 0.15) is 38.3 Å². The van der Waals surface area contributed by atoms with Crippen LogP contribution in [-0.4, -0.2) is 22.3 Å². The number of halogens is 1. The van der Waals surface area contributed by atoms with E-state index < -0.39 is 5.72 Å². The van der Waals surface area contributed by atoms with Crippen LogP contribution in [0.2, 0.25) is 5.02 Å². The molecule has 0 spiro atoms. The molecular weight excluding hydrogens is 280 g/mol. The molecular formula is C14H17ClN2OS. The highest BCUT2D eigenvalue weighted by molar-refractivity contribution is 7.80. The van der Waals surface area contributed by atoms with E-state index in [9.17, 15) is 0 Å². The minimum absolute atomic E-state index is 0.188. The van der Waals surface area contributed by atoms with Crippen LogP contribution >= 0.6 is 23.8 Å². The zero-order chi connectivity index (χ0) is 13.6. The number of rotatable bonds is 2. The summed E-state index contributed by atoms with van der Waals surface area (Å²) in [7, 11) is 0. The monoisotopic (exact) mass is 296 g/mol. The molecule has 1 aromatic rings. The molecule has 0 aromatic heterocycles. The van der Waals surface area contributed by atoms with Crippen LogP contribution < -0.4 is 10.1 Å². The first-order valence-electron chi connectivity index (χ1n) is 6.61. The highest BCUT2D eigenvalue weighted by Gasteiger charge is 2.47. The van der Waals surface area contributed by atoms with Crippen molar-refractivity contribution in [3.05, 3.63) is 28.8 Å². The largest absolute Gasteiger partial charge is 0.466 e. The average Bonchev–Trinajstić information content (AvgIpc) is 2.36. The van der Waals surface area contributed by atoms with E-state index in [-0.39, 0.29) is 6.04 Å². The molecule has 3 nitrogen and oxygen atoms in total. The van der Waals surface area contributed by atoms with E-state index in [0.29, 0.717) is 5.02 Å². The second-order valence-corrected chi connectivity index (χ2v) is 6.09. The third-order valence-corrected chi connectivity index (χ3v) is 4.47. The summed E-state index contributed by atoms with van der Waals surface area (Å²) in [5.41, 5.74) is 0.699. The van der Waals surface area contributed by atoms with Gasteiger partial charge in [-0.1, -0.05) is 30.7 Å². The van der Waals surface area contributed by atoms with Gasteiger partial charge >= 0.3 is 0 Å². The summed E-state index contributed by atoms with van der Waals surface area (Å²) >= 11 is 11.8. The molecule has 0 radical (unpaired) electrons. The van der Waals surface area contributed by atoms with Gasteiger partial charge in [0.2, 0.25) is 0 Å². The number of benzene rings is 1. The maximum atomic E-state index is 6.27.